The fourth-order valence-corrected chi connectivity index (χ4v) is 4.97. The van der Waals surface area contributed by atoms with Gasteiger partial charge in [-0.2, -0.15) is 0 Å². The monoisotopic (exact) mass is 506 g/mol. The van der Waals surface area contributed by atoms with E-state index in [0.717, 1.165) is 10.9 Å². The van der Waals surface area contributed by atoms with Gasteiger partial charge in [-0.15, -0.1) is 0 Å². The van der Waals surface area contributed by atoms with Crippen LogP contribution in [0.3, 0.4) is 0 Å². The molecule has 194 valence electrons. The number of amides is 1. The maximum Gasteiger partial charge on any atom is 0.360 e. The second kappa shape index (κ2) is 9.33. The number of nitrogens with one attached hydrogen (secondary N) is 2. The molecule has 9 nitrogen and oxygen atoms in total. The van der Waals surface area contributed by atoms with E-state index in [1.54, 1.807) is 38.4 Å². The molecule has 2 aromatic carbocycles. The lowest BCUT2D eigenvalue weighted by Crippen LogP contribution is -2.60. The van der Waals surface area contributed by atoms with Crippen LogP contribution in [0.4, 0.5) is 5.69 Å². The third kappa shape index (κ3) is 4.39. The standard InChI is InChI=1S/C28H30N2O7/c1-14-21(35-27-15(2)22(31)24(34-5)28(3,4)37-27)11-10-16-12-20(26(33)36-23(14)16)30-25(32)18-13-29-19-9-7-6-8-17(18)19/h6-13,15,22,24,27,29,31H,1-5H3,(H,30,32)/t15-,22+,24-,27-/m1/s1. The van der Waals surface area contributed by atoms with Crippen molar-refractivity contribution < 1.29 is 28.5 Å². The number of carbonyl (C=O) groups excluding carboxylic acids is 1. The van der Waals surface area contributed by atoms with E-state index in [9.17, 15) is 14.7 Å². The van der Waals surface area contributed by atoms with Gasteiger partial charge in [0.1, 0.15) is 23.1 Å². The van der Waals surface area contributed by atoms with Crippen molar-refractivity contribution in [2.24, 2.45) is 5.92 Å². The quantitative estimate of drug-likeness (QED) is 0.344. The Labute approximate surface area is 213 Å². The van der Waals surface area contributed by atoms with Crippen molar-refractivity contribution in [1.29, 1.82) is 0 Å². The summed E-state index contributed by atoms with van der Waals surface area (Å²) in [4.78, 5) is 28.8. The molecule has 0 aliphatic carbocycles. The number of aromatic amines is 1. The third-order valence-corrected chi connectivity index (χ3v) is 7.06. The first-order valence-corrected chi connectivity index (χ1v) is 12.1. The molecule has 5 rings (SSSR count). The summed E-state index contributed by atoms with van der Waals surface area (Å²) in [5.74, 6) is -0.330. The first-order valence-electron chi connectivity index (χ1n) is 12.1. The van der Waals surface area contributed by atoms with Crippen LogP contribution in [0.1, 0.15) is 36.7 Å². The van der Waals surface area contributed by atoms with Crippen LogP contribution in [0.2, 0.25) is 0 Å². The number of carbonyl (C=O) groups is 1. The number of aliphatic hydroxyl groups is 1. The minimum absolute atomic E-state index is 0.0376. The Morgan fingerprint density at radius 2 is 1.95 bits per heavy atom. The largest absolute Gasteiger partial charge is 0.464 e. The van der Waals surface area contributed by atoms with Crippen molar-refractivity contribution in [3.05, 3.63) is 70.2 Å². The van der Waals surface area contributed by atoms with Crippen molar-refractivity contribution in [2.75, 3.05) is 12.4 Å². The number of aromatic nitrogens is 1. The van der Waals surface area contributed by atoms with Crippen LogP contribution in [0.5, 0.6) is 5.75 Å². The zero-order valence-electron chi connectivity index (χ0n) is 21.3. The number of fused-ring (bicyclic) bond motifs is 2. The van der Waals surface area contributed by atoms with Crippen molar-refractivity contribution in [3.8, 4) is 5.75 Å². The zero-order chi connectivity index (χ0) is 26.5. The predicted molar refractivity (Wildman–Crippen MR) is 139 cm³/mol. The molecule has 0 spiro atoms. The Bertz CT molecular complexity index is 1540. The average Bonchev–Trinajstić information content (AvgIpc) is 3.29. The van der Waals surface area contributed by atoms with Gasteiger partial charge in [0.15, 0.2) is 0 Å². The first-order chi connectivity index (χ1) is 17.6. The Kier molecular flexibility index (Phi) is 6.31. The maximum atomic E-state index is 12.9. The fraction of sp³-hybridized carbons (Fsp3) is 0.357. The van der Waals surface area contributed by atoms with Gasteiger partial charge in [0.2, 0.25) is 6.29 Å². The van der Waals surface area contributed by atoms with Crippen LogP contribution < -0.4 is 15.7 Å². The lowest BCUT2D eigenvalue weighted by molar-refractivity contribution is -0.288. The molecule has 3 N–H and O–H groups in total. The summed E-state index contributed by atoms with van der Waals surface area (Å²) >= 11 is 0. The average molecular weight is 507 g/mol. The Morgan fingerprint density at radius 3 is 2.70 bits per heavy atom. The second-order valence-electron chi connectivity index (χ2n) is 9.97. The normalized spacial score (nSPS) is 23.3. The number of rotatable bonds is 5. The Hall–Kier alpha value is -3.66. The molecule has 4 atom stereocenters. The molecule has 0 radical (unpaired) electrons. The SMILES string of the molecule is CO[C@@H]1[C@@H](O)[C@@H](C)[C@H](Oc2ccc3cc(NC(=O)c4c[nH]c5ccccc45)c(=O)oc3c2C)OC1(C)C. The van der Waals surface area contributed by atoms with Crippen LogP contribution in [0, 0.1) is 12.8 Å². The molecule has 1 aliphatic rings. The Balaban J connectivity index is 1.41. The molecule has 4 aromatic rings. The molecule has 37 heavy (non-hydrogen) atoms. The summed E-state index contributed by atoms with van der Waals surface area (Å²) in [5, 5.41) is 14.8. The summed E-state index contributed by atoms with van der Waals surface area (Å²) in [6.45, 7) is 7.28. The van der Waals surface area contributed by atoms with Crippen molar-refractivity contribution in [2.45, 2.75) is 51.8 Å². The highest BCUT2D eigenvalue weighted by atomic mass is 16.7. The molecular formula is C28H30N2O7. The highest BCUT2D eigenvalue weighted by Crippen LogP contribution is 2.37. The summed E-state index contributed by atoms with van der Waals surface area (Å²) in [7, 11) is 1.54. The third-order valence-electron chi connectivity index (χ3n) is 7.06. The number of anilines is 1. The van der Waals surface area contributed by atoms with Gasteiger partial charge in [0, 0.05) is 41.1 Å². The highest BCUT2D eigenvalue weighted by molar-refractivity contribution is 6.13. The molecule has 2 aromatic heterocycles. The number of hydrogen-bond donors (Lipinski definition) is 3. The molecule has 0 bridgehead atoms. The van der Waals surface area contributed by atoms with Gasteiger partial charge in [0.25, 0.3) is 5.91 Å². The molecule has 1 aliphatic heterocycles. The molecule has 1 amide bonds. The fourth-order valence-electron chi connectivity index (χ4n) is 4.97. The minimum atomic E-state index is -0.791. The number of para-hydroxylation sites is 1. The number of benzene rings is 2. The van der Waals surface area contributed by atoms with Crippen LogP contribution in [0.15, 0.2) is 57.9 Å². The van der Waals surface area contributed by atoms with E-state index in [1.807, 2.05) is 45.0 Å². The van der Waals surface area contributed by atoms with Gasteiger partial charge >= 0.3 is 5.63 Å². The van der Waals surface area contributed by atoms with Gasteiger partial charge in [-0.1, -0.05) is 25.1 Å². The molecule has 1 fully saturated rings. The van der Waals surface area contributed by atoms with Crippen LogP contribution in [0.25, 0.3) is 21.9 Å². The van der Waals surface area contributed by atoms with E-state index in [0.29, 0.717) is 27.8 Å². The van der Waals surface area contributed by atoms with Gasteiger partial charge in [0.05, 0.1) is 17.3 Å². The Morgan fingerprint density at radius 1 is 1.19 bits per heavy atom. The molecule has 1 saturated heterocycles. The highest BCUT2D eigenvalue weighted by Gasteiger charge is 2.49. The molecule has 0 unspecified atom stereocenters. The van der Waals surface area contributed by atoms with E-state index < -0.39 is 35.6 Å². The van der Waals surface area contributed by atoms with Crippen molar-refractivity contribution in [1.82, 2.24) is 4.98 Å². The van der Waals surface area contributed by atoms with Gasteiger partial charge < -0.3 is 34.0 Å². The lowest BCUT2D eigenvalue weighted by Gasteiger charge is -2.47. The number of hydrogen-bond acceptors (Lipinski definition) is 7. The van der Waals surface area contributed by atoms with Crippen LogP contribution >= 0.6 is 0 Å². The molecular weight excluding hydrogens is 476 g/mol. The number of ether oxygens (including phenoxy) is 3. The number of H-pyrrole nitrogens is 1. The van der Waals surface area contributed by atoms with Gasteiger partial charge in [-0.3, -0.25) is 4.79 Å². The zero-order valence-corrected chi connectivity index (χ0v) is 21.3. The molecule has 9 heteroatoms. The van der Waals surface area contributed by atoms with E-state index in [-0.39, 0.29) is 11.6 Å². The summed E-state index contributed by atoms with van der Waals surface area (Å²) in [6.07, 6.45) is -0.427. The summed E-state index contributed by atoms with van der Waals surface area (Å²) in [6, 6.07) is 12.5. The van der Waals surface area contributed by atoms with Gasteiger partial charge in [-0.05, 0) is 45.0 Å². The number of methoxy groups -OCH3 is 1. The smallest absolute Gasteiger partial charge is 0.360 e. The van der Waals surface area contributed by atoms with E-state index in [4.69, 9.17) is 18.6 Å². The van der Waals surface area contributed by atoms with Crippen LogP contribution in [-0.4, -0.2) is 47.2 Å². The predicted octanol–water partition coefficient (Wildman–Crippen LogP) is 4.36. The summed E-state index contributed by atoms with van der Waals surface area (Å²) < 4.78 is 23.4. The first kappa shape index (κ1) is 25.0. The lowest BCUT2D eigenvalue weighted by atomic mass is 9.85. The summed E-state index contributed by atoms with van der Waals surface area (Å²) in [5.41, 5.74) is 0.772. The van der Waals surface area contributed by atoms with E-state index in [2.05, 4.69) is 10.3 Å². The minimum Gasteiger partial charge on any atom is -0.464 e. The molecule has 3 heterocycles. The molecule has 0 saturated carbocycles. The maximum absolute atomic E-state index is 12.9. The number of aliphatic hydroxyl groups excluding tert-OH is 1. The van der Waals surface area contributed by atoms with Crippen molar-refractivity contribution in [3.63, 3.8) is 0 Å². The van der Waals surface area contributed by atoms with Crippen LogP contribution in [-0.2, 0) is 9.47 Å². The topological polar surface area (TPSA) is 123 Å². The second-order valence-corrected chi connectivity index (χ2v) is 9.97. The van der Waals surface area contributed by atoms with Crippen molar-refractivity contribution >= 4 is 33.5 Å². The van der Waals surface area contributed by atoms with Gasteiger partial charge in [-0.25, -0.2) is 4.79 Å². The van der Waals surface area contributed by atoms with E-state index >= 15 is 0 Å². The number of aryl methyl sites for hydroxylation is 1. The van der Waals surface area contributed by atoms with E-state index in [1.165, 1.54) is 0 Å².